The minimum Gasteiger partial charge on any atom is -0.872 e. The Morgan fingerprint density at radius 2 is 0.895 bits per heavy atom. The van der Waals surface area contributed by atoms with Crippen LogP contribution in [0.15, 0.2) is 94.7 Å². The van der Waals surface area contributed by atoms with Gasteiger partial charge in [0.1, 0.15) is 38.9 Å². The molecule has 13 heteroatoms. The molecular formula is C44H58CaO10S2. The van der Waals surface area contributed by atoms with Crippen molar-refractivity contribution in [2.24, 2.45) is 0 Å². The zero-order chi connectivity index (χ0) is 40.8. The maximum Gasteiger partial charge on any atom is 2.00 e. The van der Waals surface area contributed by atoms with Crippen molar-refractivity contribution in [2.75, 3.05) is 0 Å². The van der Waals surface area contributed by atoms with Crippen molar-refractivity contribution >= 4 is 58.0 Å². The summed E-state index contributed by atoms with van der Waals surface area (Å²) in [5, 5.41) is 20.6. The zero-order valence-corrected chi connectivity index (χ0v) is 37.3. The first kappa shape index (κ1) is 50.3. The molecule has 0 amide bonds. The number of rotatable bonds is 24. The third-order valence-electron chi connectivity index (χ3n) is 9.38. The summed E-state index contributed by atoms with van der Waals surface area (Å²) in [6.07, 6.45) is 20.8. The number of hydrogen-bond acceptors (Lipinski definition) is 9. The zero-order valence-electron chi connectivity index (χ0n) is 33.5. The van der Waals surface area contributed by atoms with E-state index >= 15 is 0 Å². The van der Waals surface area contributed by atoms with Crippen LogP contribution in [-0.4, -0.2) is 68.8 Å². The molecule has 57 heavy (non-hydrogen) atoms. The molecular weight excluding hydrogens is 793 g/mol. The van der Waals surface area contributed by atoms with E-state index in [9.17, 15) is 36.2 Å². The molecule has 0 fully saturated rings. The third-order valence-corrected chi connectivity index (χ3v) is 11.1. The molecule has 0 saturated heterocycles. The molecule has 0 spiro atoms. The van der Waals surface area contributed by atoms with Crippen molar-refractivity contribution in [3.8, 4) is 34.5 Å². The number of ether oxygens (including phenoxy) is 2. The molecule has 10 nitrogen and oxygen atoms in total. The Labute approximate surface area is 370 Å². The molecule has 0 aliphatic carbocycles. The monoisotopic (exact) mass is 850 g/mol. The molecule has 4 aromatic rings. The van der Waals surface area contributed by atoms with Gasteiger partial charge in [0.25, 0.3) is 10.1 Å². The number of phenols is 1. The Morgan fingerprint density at radius 3 is 1.30 bits per heavy atom. The van der Waals surface area contributed by atoms with Crippen LogP contribution in [0.5, 0.6) is 34.5 Å². The summed E-state index contributed by atoms with van der Waals surface area (Å²) in [5.41, 5.74) is 1.75. The SMILES string of the molecule is CCCCCCCCCCc1ccc(S(=O)(=O)O)cc1Oc1ccc(O)cc1.CCCCCCCCCCc1ccc(S(=O)(=O)[O-])cc1Oc1ccc([O-])cc1.[Ca+2]. The van der Waals surface area contributed by atoms with E-state index in [0.717, 1.165) is 49.7 Å². The number of hydrogen-bond donors (Lipinski definition) is 2. The van der Waals surface area contributed by atoms with Crippen molar-refractivity contribution in [1.82, 2.24) is 0 Å². The van der Waals surface area contributed by atoms with Crippen molar-refractivity contribution < 1.29 is 45.6 Å². The number of unbranched alkanes of at least 4 members (excludes halogenated alkanes) is 14. The Bertz CT molecular complexity index is 1810. The van der Waals surface area contributed by atoms with Crippen molar-refractivity contribution in [2.45, 2.75) is 139 Å². The fourth-order valence-corrected chi connectivity index (χ4v) is 7.15. The maximum atomic E-state index is 11.5. The molecule has 0 saturated carbocycles. The van der Waals surface area contributed by atoms with E-state index in [1.54, 1.807) is 24.3 Å². The largest absolute Gasteiger partial charge is 2.00 e. The molecule has 0 atom stereocenters. The first-order valence-electron chi connectivity index (χ1n) is 19.9. The standard InChI is InChI=1S/2C22H30O5S.Ca/c2*1-2-3-4-5-6-7-8-9-10-18-11-16-21(28(24,25)26)17-22(18)27-20-14-12-19(23)13-15-20;/h2*11-17,23H,2-10H2,1H3,(H,24,25,26);/q;;+2/p-2. The number of benzene rings is 4. The molecule has 2 N–H and O–H groups in total. The van der Waals surface area contributed by atoms with Gasteiger partial charge in [-0.2, -0.15) is 8.42 Å². The quantitative estimate of drug-likeness (QED) is 0.0392. The van der Waals surface area contributed by atoms with E-state index in [1.807, 2.05) is 0 Å². The van der Waals surface area contributed by atoms with Crippen molar-refractivity contribution in [1.29, 1.82) is 0 Å². The first-order valence-corrected chi connectivity index (χ1v) is 22.8. The number of aryl methyl sites for hydroxylation is 2. The van der Waals surface area contributed by atoms with Crippen LogP contribution in [0.4, 0.5) is 0 Å². The fourth-order valence-electron chi connectivity index (χ4n) is 6.16. The average molecular weight is 851 g/mol. The van der Waals surface area contributed by atoms with Gasteiger partial charge in [0.05, 0.1) is 9.79 Å². The molecule has 0 aliphatic heterocycles. The second-order valence-electron chi connectivity index (χ2n) is 14.1. The van der Waals surface area contributed by atoms with E-state index in [0.29, 0.717) is 23.0 Å². The molecule has 308 valence electrons. The summed E-state index contributed by atoms with van der Waals surface area (Å²) >= 11 is 0. The van der Waals surface area contributed by atoms with E-state index < -0.39 is 20.2 Å². The second kappa shape index (κ2) is 27.0. The molecule has 4 aromatic carbocycles. The van der Waals surface area contributed by atoms with Crippen molar-refractivity contribution in [3.05, 3.63) is 96.1 Å². The Balaban J connectivity index is 0.000000387. The molecule has 0 aromatic heterocycles. The molecule has 0 heterocycles. The minimum atomic E-state index is -4.56. The smallest absolute Gasteiger partial charge is 0.872 e. The molecule has 0 unspecified atom stereocenters. The van der Waals surface area contributed by atoms with Gasteiger partial charge in [0.15, 0.2) is 0 Å². The number of phenolic OH excluding ortho intramolecular Hbond substituents is 1. The summed E-state index contributed by atoms with van der Waals surface area (Å²) in [4.78, 5) is -0.511. The normalized spacial score (nSPS) is 11.3. The van der Waals surface area contributed by atoms with Crippen LogP contribution in [-0.2, 0) is 33.1 Å². The molecule has 0 aliphatic rings. The minimum absolute atomic E-state index is 0. The van der Waals surface area contributed by atoms with Crippen LogP contribution < -0.4 is 14.6 Å². The Kier molecular flexibility index (Phi) is 23.8. The summed E-state index contributed by atoms with van der Waals surface area (Å²) < 4.78 is 77.9. The predicted octanol–water partition coefficient (Wildman–Crippen LogP) is 10.9. The van der Waals surface area contributed by atoms with Gasteiger partial charge in [-0.3, -0.25) is 4.55 Å². The van der Waals surface area contributed by atoms with E-state index in [-0.39, 0.29) is 59.0 Å². The van der Waals surface area contributed by atoms with Crippen LogP contribution in [0, 0.1) is 0 Å². The summed E-state index contributed by atoms with van der Waals surface area (Å²) in [7, 11) is -8.86. The van der Waals surface area contributed by atoms with Gasteiger partial charge >= 0.3 is 37.7 Å². The van der Waals surface area contributed by atoms with Gasteiger partial charge in [0, 0.05) is 6.07 Å². The van der Waals surface area contributed by atoms with Gasteiger partial charge < -0.3 is 24.2 Å². The van der Waals surface area contributed by atoms with Gasteiger partial charge in [-0.25, -0.2) is 8.42 Å². The van der Waals surface area contributed by atoms with Gasteiger partial charge in [-0.1, -0.05) is 128 Å². The molecule has 0 bridgehead atoms. The van der Waals surface area contributed by atoms with Gasteiger partial charge in [-0.05, 0) is 91.4 Å². The predicted molar refractivity (Wildman–Crippen MR) is 223 cm³/mol. The summed E-state index contributed by atoms with van der Waals surface area (Å²) in [6.45, 7) is 4.42. The third kappa shape index (κ3) is 20.1. The molecule has 0 radical (unpaired) electrons. The Morgan fingerprint density at radius 1 is 0.526 bits per heavy atom. The summed E-state index contributed by atoms with van der Waals surface area (Å²) in [6, 6.07) is 20.7. The Hall–Kier alpha value is -2.84. The van der Waals surface area contributed by atoms with Crippen LogP contribution in [0.25, 0.3) is 0 Å². The van der Waals surface area contributed by atoms with Gasteiger partial charge in [0.2, 0.25) is 0 Å². The topological polar surface area (TPSA) is 173 Å². The van der Waals surface area contributed by atoms with Crippen molar-refractivity contribution in [3.63, 3.8) is 0 Å². The van der Waals surface area contributed by atoms with Crippen LogP contribution in [0.3, 0.4) is 0 Å². The fraction of sp³-hybridized carbons (Fsp3) is 0.455. The average Bonchev–Trinajstić information content (AvgIpc) is 3.16. The maximum absolute atomic E-state index is 11.5. The van der Waals surface area contributed by atoms with Crippen LogP contribution in [0.1, 0.15) is 128 Å². The van der Waals surface area contributed by atoms with E-state index in [2.05, 4.69) is 13.8 Å². The number of aromatic hydroxyl groups is 1. The summed E-state index contributed by atoms with van der Waals surface area (Å²) in [5.74, 6) is 1.66. The first-order chi connectivity index (χ1) is 26.8. The van der Waals surface area contributed by atoms with Gasteiger partial charge in [-0.15, -0.1) is 5.75 Å². The van der Waals surface area contributed by atoms with Crippen LogP contribution >= 0.6 is 0 Å². The van der Waals surface area contributed by atoms with E-state index in [4.69, 9.17) is 9.47 Å². The van der Waals surface area contributed by atoms with E-state index in [1.165, 1.54) is 138 Å². The second-order valence-corrected chi connectivity index (χ2v) is 16.9. The van der Waals surface area contributed by atoms with Crippen LogP contribution in [0.2, 0.25) is 0 Å². The molecule has 4 rings (SSSR count).